The molecule has 3 heterocycles. The summed E-state index contributed by atoms with van der Waals surface area (Å²) in [6.45, 7) is 5.40. The molecule has 0 radical (unpaired) electrons. The molecular formula is C19H22N4O3S. The van der Waals surface area contributed by atoms with Gasteiger partial charge in [0, 0.05) is 25.3 Å². The van der Waals surface area contributed by atoms with Crippen LogP contribution in [0.1, 0.15) is 17.6 Å². The van der Waals surface area contributed by atoms with E-state index in [0.29, 0.717) is 19.8 Å². The number of carbonyl (C=O) groups excluding carboxylic acids is 1. The number of hydrogen-bond donors (Lipinski definition) is 2. The molecule has 2 N–H and O–H groups in total. The molecule has 7 nitrogen and oxygen atoms in total. The van der Waals surface area contributed by atoms with Crippen molar-refractivity contribution in [1.82, 2.24) is 15.2 Å². The number of rotatable bonds is 5. The topological polar surface area (TPSA) is 79.6 Å². The largest absolute Gasteiger partial charge is 0.465 e. The Labute approximate surface area is 161 Å². The first-order chi connectivity index (χ1) is 13.2. The highest BCUT2D eigenvalue weighted by molar-refractivity contribution is 7.16. The van der Waals surface area contributed by atoms with Crippen LogP contribution in [0.2, 0.25) is 0 Å². The number of benzene rings is 1. The highest BCUT2D eigenvalue weighted by atomic mass is 32.1. The first kappa shape index (κ1) is 18.0. The second-order valence-electron chi connectivity index (χ2n) is 6.48. The molecule has 0 unspecified atom stereocenters. The van der Waals surface area contributed by atoms with Gasteiger partial charge in [0.25, 0.3) is 0 Å². The molecule has 1 fully saturated rings. The molecular weight excluding hydrogens is 364 g/mol. The SMILES string of the molecule is Cc1ccc([C@H](CNC(=O)Nc2ccc3ncsc3c2)N2CCOCC2)o1. The van der Waals surface area contributed by atoms with Gasteiger partial charge in [-0.1, -0.05) is 0 Å². The van der Waals surface area contributed by atoms with E-state index in [4.69, 9.17) is 9.15 Å². The Hall–Kier alpha value is -2.42. The second-order valence-corrected chi connectivity index (χ2v) is 7.37. The number of aryl methyl sites for hydroxylation is 1. The second kappa shape index (κ2) is 8.08. The van der Waals surface area contributed by atoms with Crippen LogP contribution < -0.4 is 10.6 Å². The van der Waals surface area contributed by atoms with E-state index in [9.17, 15) is 4.79 Å². The number of urea groups is 1. The number of morpholine rings is 1. The Bertz CT molecular complexity index is 916. The van der Waals surface area contributed by atoms with Crippen LogP contribution in [0.15, 0.2) is 40.3 Å². The predicted octanol–water partition coefficient (Wildman–Crippen LogP) is 3.39. The maximum atomic E-state index is 12.4. The number of hydrogen-bond acceptors (Lipinski definition) is 6. The molecule has 0 spiro atoms. The molecule has 27 heavy (non-hydrogen) atoms. The zero-order chi connectivity index (χ0) is 18.6. The van der Waals surface area contributed by atoms with Gasteiger partial charge in [0.05, 0.1) is 35.0 Å². The third-order valence-electron chi connectivity index (χ3n) is 4.62. The molecule has 0 saturated carbocycles. The van der Waals surface area contributed by atoms with Crippen molar-refractivity contribution in [2.75, 3.05) is 38.2 Å². The van der Waals surface area contributed by atoms with Crippen LogP contribution in [0.25, 0.3) is 10.2 Å². The van der Waals surface area contributed by atoms with Gasteiger partial charge in [0.2, 0.25) is 0 Å². The summed E-state index contributed by atoms with van der Waals surface area (Å²) in [7, 11) is 0. The van der Waals surface area contributed by atoms with Crippen molar-refractivity contribution in [2.45, 2.75) is 13.0 Å². The van der Waals surface area contributed by atoms with Crippen LogP contribution in [0, 0.1) is 6.92 Å². The summed E-state index contributed by atoms with van der Waals surface area (Å²) in [4.78, 5) is 18.9. The molecule has 2 aromatic heterocycles. The number of fused-ring (bicyclic) bond motifs is 1. The lowest BCUT2D eigenvalue weighted by Crippen LogP contribution is -2.44. The predicted molar refractivity (Wildman–Crippen MR) is 105 cm³/mol. The van der Waals surface area contributed by atoms with Crippen molar-refractivity contribution in [2.24, 2.45) is 0 Å². The van der Waals surface area contributed by atoms with E-state index in [-0.39, 0.29) is 12.1 Å². The van der Waals surface area contributed by atoms with Crippen LogP contribution in [0.4, 0.5) is 10.5 Å². The fourth-order valence-corrected chi connectivity index (χ4v) is 3.95. The minimum absolute atomic E-state index is 0.0164. The van der Waals surface area contributed by atoms with Gasteiger partial charge in [0.1, 0.15) is 11.5 Å². The Kier molecular flexibility index (Phi) is 5.38. The maximum absolute atomic E-state index is 12.4. The summed E-state index contributed by atoms with van der Waals surface area (Å²) < 4.78 is 12.3. The molecule has 1 aromatic carbocycles. The van der Waals surface area contributed by atoms with Gasteiger partial charge >= 0.3 is 6.03 Å². The van der Waals surface area contributed by atoms with Gasteiger partial charge in [-0.2, -0.15) is 0 Å². The minimum Gasteiger partial charge on any atom is -0.465 e. The number of nitrogens with zero attached hydrogens (tertiary/aromatic N) is 2. The Morgan fingerprint density at radius 2 is 2.15 bits per heavy atom. The molecule has 8 heteroatoms. The number of nitrogens with one attached hydrogen (secondary N) is 2. The summed E-state index contributed by atoms with van der Waals surface area (Å²) in [6, 6.07) is 9.38. The number of anilines is 1. The molecule has 1 aliphatic heterocycles. The zero-order valence-corrected chi connectivity index (χ0v) is 15.9. The lowest BCUT2D eigenvalue weighted by atomic mass is 10.1. The number of furan rings is 1. The number of thiazole rings is 1. The number of aromatic nitrogens is 1. The Balaban J connectivity index is 1.40. The quantitative estimate of drug-likeness (QED) is 0.703. The van der Waals surface area contributed by atoms with E-state index in [1.54, 1.807) is 16.8 Å². The van der Waals surface area contributed by atoms with Crippen molar-refractivity contribution in [3.63, 3.8) is 0 Å². The minimum atomic E-state index is -0.236. The third-order valence-corrected chi connectivity index (χ3v) is 5.41. The van der Waals surface area contributed by atoms with Gasteiger partial charge in [-0.15, -0.1) is 11.3 Å². The molecule has 1 aliphatic rings. The molecule has 3 aromatic rings. The molecule has 0 bridgehead atoms. The van der Waals surface area contributed by atoms with E-state index in [0.717, 1.165) is 40.5 Å². The van der Waals surface area contributed by atoms with E-state index in [1.807, 2.05) is 37.3 Å². The average molecular weight is 386 g/mol. The monoisotopic (exact) mass is 386 g/mol. The molecule has 2 amide bonds. The van der Waals surface area contributed by atoms with Gasteiger partial charge in [-0.25, -0.2) is 9.78 Å². The Morgan fingerprint density at radius 1 is 1.30 bits per heavy atom. The van der Waals surface area contributed by atoms with E-state index in [1.165, 1.54) is 0 Å². The number of amides is 2. The maximum Gasteiger partial charge on any atom is 0.319 e. The smallest absolute Gasteiger partial charge is 0.319 e. The van der Waals surface area contributed by atoms with Gasteiger partial charge in [-0.3, -0.25) is 4.90 Å². The first-order valence-corrected chi connectivity index (χ1v) is 9.83. The summed E-state index contributed by atoms with van der Waals surface area (Å²) in [5.74, 6) is 1.73. The standard InChI is InChI=1S/C19H22N4O3S/c1-13-2-5-17(26-13)16(23-6-8-25-9-7-23)11-20-19(24)22-14-3-4-15-18(10-14)27-12-21-15/h2-5,10,12,16H,6-9,11H2,1H3,(H2,20,22,24)/t16-/m0/s1. The fourth-order valence-electron chi connectivity index (χ4n) is 3.23. The lowest BCUT2D eigenvalue weighted by molar-refractivity contribution is 0.0122. The van der Waals surface area contributed by atoms with Crippen molar-refractivity contribution >= 4 is 33.3 Å². The molecule has 1 atom stereocenters. The normalized spacial score (nSPS) is 16.3. The van der Waals surface area contributed by atoms with Gasteiger partial charge < -0.3 is 19.8 Å². The highest BCUT2D eigenvalue weighted by Gasteiger charge is 2.25. The summed E-state index contributed by atoms with van der Waals surface area (Å²) in [5.41, 5.74) is 3.49. The number of ether oxygens (including phenoxy) is 1. The van der Waals surface area contributed by atoms with E-state index < -0.39 is 0 Å². The van der Waals surface area contributed by atoms with Gasteiger partial charge in [0.15, 0.2) is 0 Å². The Morgan fingerprint density at radius 3 is 2.93 bits per heavy atom. The van der Waals surface area contributed by atoms with Crippen LogP contribution in [-0.2, 0) is 4.74 Å². The van der Waals surface area contributed by atoms with Crippen molar-refractivity contribution in [3.05, 3.63) is 47.4 Å². The molecule has 142 valence electrons. The van der Waals surface area contributed by atoms with E-state index >= 15 is 0 Å². The lowest BCUT2D eigenvalue weighted by Gasteiger charge is -2.33. The zero-order valence-electron chi connectivity index (χ0n) is 15.1. The van der Waals surface area contributed by atoms with Crippen molar-refractivity contribution < 1.29 is 13.9 Å². The summed E-state index contributed by atoms with van der Waals surface area (Å²) in [5, 5.41) is 5.87. The van der Waals surface area contributed by atoms with Crippen molar-refractivity contribution in [3.8, 4) is 0 Å². The summed E-state index contributed by atoms with van der Waals surface area (Å²) in [6.07, 6.45) is 0. The first-order valence-electron chi connectivity index (χ1n) is 8.95. The van der Waals surface area contributed by atoms with Crippen LogP contribution in [-0.4, -0.2) is 48.8 Å². The molecule has 1 saturated heterocycles. The molecule has 4 rings (SSSR count). The third kappa shape index (κ3) is 4.29. The van der Waals surface area contributed by atoms with Crippen LogP contribution in [0.3, 0.4) is 0 Å². The highest BCUT2D eigenvalue weighted by Crippen LogP contribution is 2.24. The average Bonchev–Trinajstić information content (AvgIpc) is 3.31. The van der Waals surface area contributed by atoms with Crippen LogP contribution >= 0.6 is 11.3 Å². The van der Waals surface area contributed by atoms with Crippen LogP contribution in [0.5, 0.6) is 0 Å². The van der Waals surface area contributed by atoms with Crippen molar-refractivity contribution in [1.29, 1.82) is 0 Å². The number of carbonyl (C=O) groups is 1. The fraction of sp³-hybridized carbons (Fsp3) is 0.368. The molecule has 0 aliphatic carbocycles. The summed E-state index contributed by atoms with van der Waals surface area (Å²) >= 11 is 1.55. The van der Waals surface area contributed by atoms with E-state index in [2.05, 4.69) is 20.5 Å². The van der Waals surface area contributed by atoms with Gasteiger partial charge in [-0.05, 0) is 37.3 Å².